The summed E-state index contributed by atoms with van der Waals surface area (Å²) in [6.07, 6.45) is 2.02. The molecule has 1 nitrogen and oxygen atoms in total. The van der Waals surface area contributed by atoms with Crippen molar-refractivity contribution in [3.05, 3.63) is 45.8 Å². The molecule has 1 heteroatoms. The topological polar surface area (TPSA) is 4.36 Å². The Labute approximate surface area is 86.6 Å². The minimum absolute atomic E-state index is 0.646. The van der Waals surface area contributed by atoms with Crippen LogP contribution in [0, 0.1) is 27.3 Å². The summed E-state index contributed by atoms with van der Waals surface area (Å²) in [5, 5.41) is 0. The van der Waals surface area contributed by atoms with Crippen molar-refractivity contribution in [1.82, 2.24) is 0 Å². The van der Waals surface area contributed by atoms with Crippen LogP contribution < -0.4 is 0 Å². The molecule has 0 aliphatic rings. The first kappa shape index (κ1) is 10.8. The molecule has 0 fully saturated rings. The smallest absolute Gasteiger partial charge is 0.215 e. The lowest BCUT2D eigenvalue weighted by molar-refractivity contribution is 0.875. The van der Waals surface area contributed by atoms with E-state index < -0.39 is 0 Å². The van der Waals surface area contributed by atoms with Crippen molar-refractivity contribution in [2.75, 3.05) is 6.54 Å². The fraction of sp³-hybridized carbons (Fsp3) is 0.462. The summed E-state index contributed by atoms with van der Waals surface area (Å²) in [7, 11) is 0. The minimum atomic E-state index is 0.646. The van der Waals surface area contributed by atoms with Gasteiger partial charge in [0.05, 0.1) is 0 Å². The van der Waals surface area contributed by atoms with E-state index in [9.17, 15) is 0 Å². The zero-order chi connectivity index (χ0) is 10.6. The maximum absolute atomic E-state index is 6.73. The number of hydrogen-bond acceptors (Lipinski definition) is 0. The van der Waals surface area contributed by atoms with Crippen molar-refractivity contribution in [3.8, 4) is 0 Å². The Bertz CT molecular complexity index is 335. The van der Waals surface area contributed by atoms with Crippen molar-refractivity contribution in [3.63, 3.8) is 0 Å². The Morgan fingerprint density at radius 3 is 2.21 bits per heavy atom. The van der Waals surface area contributed by atoms with Crippen LogP contribution in [0.4, 0.5) is 0 Å². The summed E-state index contributed by atoms with van der Waals surface area (Å²) in [4.78, 5) is 3.38. The van der Waals surface area contributed by atoms with Gasteiger partial charge in [0.1, 0.15) is 0 Å². The quantitative estimate of drug-likeness (QED) is 0.504. The molecule has 0 aliphatic heterocycles. The van der Waals surface area contributed by atoms with Gasteiger partial charge < -0.3 is 4.85 Å². The van der Waals surface area contributed by atoms with Crippen molar-refractivity contribution in [1.29, 1.82) is 0 Å². The van der Waals surface area contributed by atoms with E-state index in [-0.39, 0.29) is 0 Å². The van der Waals surface area contributed by atoms with Crippen molar-refractivity contribution >= 4 is 0 Å². The number of nitrogens with zero attached hydrogens (tertiary/aromatic N) is 1. The second kappa shape index (κ2) is 4.81. The molecule has 0 aromatic heterocycles. The monoisotopic (exact) mass is 187 g/mol. The van der Waals surface area contributed by atoms with Crippen molar-refractivity contribution in [2.45, 2.75) is 33.6 Å². The van der Waals surface area contributed by atoms with Gasteiger partial charge in [-0.1, -0.05) is 17.7 Å². The zero-order valence-electron chi connectivity index (χ0n) is 9.22. The average molecular weight is 187 g/mol. The predicted molar refractivity (Wildman–Crippen MR) is 60.4 cm³/mol. The molecule has 1 aromatic rings. The molecule has 74 valence electrons. The van der Waals surface area contributed by atoms with E-state index in [1.54, 1.807) is 0 Å². The Balaban J connectivity index is 2.81. The first-order valence-corrected chi connectivity index (χ1v) is 5.05. The van der Waals surface area contributed by atoms with Crippen molar-refractivity contribution in [2.24, 2.45) is 0 Å². The number of benzene rings is 1. The van der Waals surface area contributed by atoms with Crippen LogP contribution in [0.3, 0.4) is 0 Å². The van der Waals surface area contributed by atoms with Crippen molar-refractivity contribution < 1.29 is 0 Å². The third-order valence-electron chi connectivity index (χ3n) is 2.54. The normalized spacial score (nSPS) is 9.86. The lowest BCUT2D eigenvalue weighted by Crippen LogP contribution is -1.96. The Morgan fingerprint density at radius 1 is 1.14 bits per heavy atom. The van der Waals surface area contributed by atoms with Gasteiger partial charge in [0.25, 0.3) is 0 Å². The van der Waals surface area contributed by atoms with Crippen LogP contribution >= 0.6 is 0 Å². The fourth-order valence-electron chi connectivity index (χ4n) is 1.94. The third-order valence-corrected chi connectivity index (χ3v) is 2.54. The molecule has 1 rings (SSSR count). The number of hydrogen-bond donors (Lipinski definition) is 0. The Hall–Kier alpha value is -1.29. The fourth-order valence-corrected chi connectivity index (χ4v) is 1.94. The summed E-state index contributed by atoms with van der Waals surface area (Å²) < 4.78 is 0. The zero-order valence-corrected chi connectivity index (χ0v) is 9.22. The highest BCUT2D eigenvalue weighted by atomic mass is 14.6. The maximum atomic E-state index is 6.73. The number of rotatable bonds is 3. The SMILES string of the molecule is [C-]#[N+]CCCc1c(C)cc(C)cc1C. The Kier molecular flexibility index (Phi) is 3.71. The molecule has 0 N–H and O–H groups in total. The molecular formula is C13H17N. The summed E-state index contributed by atoms with van der Waals surface area (Å²) in [5.41, 5.74) is 5.49. The molecule has 0 saturated heterocycles. The highest BCUT2D eigenvalue weighted by Crippen LogP contribution is 2.17. The van der Waals surface area contributed by atoms with E-state index in [2.05, 4.69) is 37.7 Å². The minimum Gasteiger partial charge on any atom is -0.317 e. The van der Waals surface area contributed by atoms with Gasteiger partial charge in [-0.2, -0.15) is 0 Å². The van der Waals surface area contributed by atoms with Crippen LogP contribution in [0.25, 0.3) is 4.85 Å². The molecule has 14 heavy (non-hydrogen) atoms. The van der Waals surface area contributed by atoms with Crippen LogP contribution in [-0.2, 0) is 6.42 Å². The van der Waals surface area contributed by atoms with Gasteiger partial charge in [0, 0.05) is 6.42 Å². The van der Waals surface area contributed by atoms with Crippen LogP contribution in [-0.4, -0.2) is 6.54 Å². The molecule has 0 radical (unpaired) electrons. The van der Waals surface area contributed by atoms with Gasteiger partial charge in [0.2, 0.25) is 6.54 Å². The average Bonchev–Trinajstić information content (AvgIpc) is 2.09. The van der Waals surface area contributed by atoms with Crippen LogP contribution in [0.5, 0.6) is 0 Å². The largest absolute Gasteiger partial charge is 0.317 e. The van der Waals surface area contributed by atoms with Gasteiger partial charge >= 0.3 is 0 Å². The summed E-state index contributed by atoms with van der Waals surface area (Å²) in [5.74, 6) is 0. The molecule has 0 saturated carbocycles. The summed E-state index contributed by atoms with van der Waals surface area (Å²) >= 11 is 0. The second-order valence-corrected chi connectivity index (χ2v) is 3.86. The van der Waals surface area contributed by atoms with Gasteiger partial charge in [-0.15, -0.1) is 0 Å². The van der Waals surface area contributed by atoms with Gasteiger partial charge in [-0.3, -0.25) is 0 Å². The highest BCUT2D eigenvalue weighted by molar-refractivity contribution is 5.37. The molecular weight excluding hydrogens is 170 g/mol. The standard InChI is InChI=1S/C13H17N/c1-10-8-11(2)13(12(3)9-10)6-5-7-14-4/h8-9H,5-7H2,1-3H3. The lowest BCUT2D eigenvalue weighted by Gasteiger charge is -2.09. The van der Waals surface area contributed by atoms with Crippen LogP contribution in [0.2, 0.25) is 0 Å². The molecule has 0 heterocycles. The maximum Gasteiger partial charge on any atom is 0.215 e. The third kappa shape index (κ3) is 2.60. The summed E-state index contributed by atoms with van der Waals surface area (Å²) in [6.45, 7) is 13.8. The van der Waals surface area contributed by atoms with E-state index >= 15 is 0 Å². The van der Waals surface area contributed by atoms with Gasteiger partial charge in [0.15, 0.2) is 0 Å². The van der Waals surface area contributed by atoms with Crippen LogP contribution in [0.15, 0.2) is 12.1 Å². The molecule has 0 amide bonds. The molecule has 0 aliphatic carbocycles. The molecule has 1 aromatic carbocycles. The number of aryl methyl sites for hydroxylation is 3. The van der Waals surface area contributed by atoms with E-state index in [1.807, 2.05) is 0 Å². The van der Waals surface area contributed by atoms with E-state index in [0.29, 0.717) is 6.54 Å². The lowest BCUT2D eigenvalue weighted by atomic mass is 9.96. The van der Waals surface area contributed by atoms with Gasteiger partial charge in [-0.25, -0.2) is 6.57 Å². The van der Waals surface area contributed by atoms with E-state index in [4.69, 9.17) is 6.57 Å². The highest BCUT2D eigenvalue weighted by Gasteiger charge is 2.03. The Morgan fingerprint density at radius 2 is 1.71 bits per heavy atom. The summed E-state index contributed by atoms with van der Waals surface area (Å²) in [6, 6.07) is 4.44. The second-order valence-electron chi connectivity index (χ2n) is 3.86. The molecule has 0 spiro atoms. The first-order chi connectivity index (χ1) is 6.65. The molecule has 0 unspecified atom stereocenters. The molecule has 0 atom stereocenters. The molecule has 0 bridgehead atoms. The van der Waals surface area contributed by atoms with E-state index in [0.717, 1.165) is 12.8 Å². The van der Waals surface area contributed by atoms with Crippen LogP contribution in [0.1, 0.15) is 28.7 Å². The predicted octanol–water partition coefficient (Wildman–Crippen LogP) is 3.46. The first-order valence-electron chi connectivity index (χ1n) is 5.05. The van der Waals surface area contributed by atoms with E-state index in [1.165, 1.54) is 22.3 Å². The van der Waals surface area contributed by atoms with Gasteiger partial charge in [-0.05, 0) is 43.9 Å².